The zero-order valence-electron chi connectivity index (χ0n) is 29.6. The Kier molecular flexibility index (Phi) is 12.5. The molecule has 3 amide bonds. The molecular formula is C39H47N5O6. The third-order valence-corrected chi connectivity index (χ3v) is 7.80. The van der Waals surface area contributed by atoms with Crippen LogP contribution < -0.4 is 16.0 Å². The fourth-order valence-corrected chi connectivity index (χ4v) is 5.27. The summed E-state index contributed by atoms with van der Waals surface area (Å²) < 4.78 is 12.3. The summed E-state index contributed by atoms with van der Waals surface area (Å²) in [6.45, 7) is 10.2. The van der Waals surface area contributed by atoms with Crippen molar-refractivity contribution in [3.63, 3.8) is 0 Å². The molecule has 0 aliphatic heterocycles. The van der Waals surface area contributed by atoms with Crippen molar-refractivity contribution >= 4 is 29.7 Å². The lowest BCUT2D eigenvalue weighted by atomic mass is 10.0. The molecule has 11 nitrogen and oxygen atoms in total. The van der Waals surface area contributed by atoms with Gasteiger partial charge in [-0.25, -0.2) is 14.6 Å². The van der Waals surface area contributed by atoms with Crippen LogP contribution in [0.1, 0.15) is 71.6 Å². The Hall–Kier alpha value is -5.45. The van der Waals surface area contributed by atoms with Gasteiger partial charge < -0.3 is 30.0 Å². The molecule has 1 aromatic heterocycles. The highest BCUT2D eigenvalue weighted by Crippen LogP contribution is 2.26. The van der Waals surface area contributed by atoms with Gasteiger partial charge in [0, 0.05) is 6.20 Å². The van der Waals surface area contributed by atoms with Gasteiger partial charge in [-0.05, 0) is 83.1 Å². The number of hydrogen-bond donors (Lipinski definition) is 3. The van der Waals surface area contributed by atoms with Crippen LogP contribution >= 0.6 is 0 Å². The first-order chi connectivity index (χ1) is 23.8. The maximum atomic E-state index is 13.7. The van der Waals surface area contributed by atoms with Crippen LogP contribution in [-0.4, -0.2) is 57.2 Å². The average molecular weight is 682 g/mol. The summed E-state index contributed by atoms with van der Waals surface area (Å²) >= 11 is 0. The lowest BCUT2D eigenvalue weighted by Crippen LogP contribution is -2.58. The Labute approximate surface area is 293 Å². The van der Waals surface area contributed by atoms with Gasteiger partial charge in [0.05, 0.1) is 12.9 Å². The van der Waals surface area contributed by atoms with E-state index in [1.54, 1.807) is 38.5 Å². The predicted octanol–water partition coefficient (Wildman–Crippen LogP) is 6.45. The van der Waals surface area contributed by atoms with Crippen LogP contribution in [-0.2, 0) is 30.3 Å². The fraction of sp³-hybridized carbons (Fsp3) is 0.359. The number of carbonyl (C=O) groups is 4. The van der Waals surface area contributed by atoms with Gasteiger partial charge in [0.15, 0.2) is 11.9 Å². The topological polar surface area (TPSA) is 141 Å². The first-order valence-corrected chi connectivity index (χ1v) is 16.8. The smallest absolute Gasteiger partial charge is 0.408 e. The zero-order valence-corrected chi connectivity index (χ0v) is 29.6. The van der Waals surface area contributed by atoms with E-state index >= 15 is 0 Å². The first-order valence-electron chi connectivity index (χ1n) is 16.8. The monoisotopic (exact) mass is 681 g/mol. The second kappa shape index (κ2) is 16.8. The Morgan fingerprint density at radius 3 is 2.08 bits per heavy atom. The maximum Gasteiger partial charge on any atom is 0.408 e. The minimum absolute atomic E-state index is 0.193. The number of aromatic nitrogens is 2. The number of carbonyl (C=O) groups excluding carboxylic acids is 4. The van der Waals surface area contributed by atoms with Gasteiger partial charge >= 0.3 is 12.1 Å². The molecule has 0 spiro atoms. The number of esters is 1. The number of amides is 3. The number of nitrogens with one attached hydrogen (secondary N) is 3. The minimum Gasteiger partial charge on any atom is -0.464 e. The highest BCUT2D eigenvalue weighted by atomic mass is 16.6. The van der Waals surface area contributed by atoms with Gasteiger partial charge in [-0.15, -0.1) is 0 Å². The molecule has 50 heavy (non-hydrogen) atoms. The summed E-state index contributed by atoms with van der Waals surface area (Å²) in [6.07, 6.45) is 3.87. The number of aryl methyl sites for hydroxylation is 1. The van der Waals surface area contributed by atoms with Crippen LogP contribution in [0.3, 0.4) is 0 Å². The summed E-state index contributed by atoms with van der Waals surface area (Å²) in [5.41, 5.74) is 1.70. The number of benzene rings is 3. The number of anilines is 1. The summed E-state index contributed by atoms with van der Waals surface area (Å²) in [7, 11) is 0. The van der Waals surface area contributed by atoms with E-state index in [1.807, 2.05) is 84.9 Å². The molecule has 11 heteroatoms. The Morgan fingerprint density at radius 2 is 1.46 bits per heavy atom. The zero-order chi connectivity index (χ0) is 36.3. The summed E-state index contributed by atoms with van der Waals surface area (Å²) in [6, 6.07) is 25.6. The molecular weight excluding hydrogens is 634 g/mol. The molecule has 0 saturated carbocycles. The molecule has 0 fully saturated rings. The van der Waals surface area contributed by atoms with Gasteiger partial charge in [0.25, 0.3) is 0 Å². The lowest BCUT2D eigenvalue weighted by Gasteiger charge is -2.29. The molecule has 0 aliphatic carbocycles. The van der Waals surface area contributed by atoms with E-state index in [-0.39, 0.29) is 12.4 Å². The molecule has 2 atom stereocenters. The van der Waals surface area contributed by atoms with E-state index in [2.05, 4.69) is 20.9 Å². The van der Waals surface area contributed by atoms with E-state index in [4.69, 9.17) is 9.47 Å². The number of rotatable bonds is 14. The minimum atomic E-state index is -1.38. The SMILES string of the molecule is CCOC(=O)C(c1ccc(-c2ccccc2)cc1)n1cnc(NC(=O)[C@@H](CCCc2ccccc2)NC(=O)C(C)(C)NC(=O)OC(C)(C)C)c1. The van der Waals surface area contributed by atoms with Gasteiger partial charge in [0.2, 0.25) is 11.8 Å². The lowest BCUT2D eigenvalue weighted by molar-refractivity contribution is -0.145. The van der Waals surface area contributed by atoms with Crippen LogP contribution in [0.4, 0.5) is 10.6 Å². The molecule has 0 aliphatic rings. The summed E-state index contributed by atoms with van der Waals surface area (Å²) in [4.78, 5) is 57.2. The predicted molar refractivity (Wildman–Crippen MR) is 192 cm³/mol. The largest absolute Gasteiger partial charge is 0.464 e. The van der Waals surface area contributed by atoms with Gasteiger partial charge in [-0.2, -0.15) is 0 Å². The molecule has 1 unspecified atom stereocenters. The van der Waals surface area contributed by atoms with Gasteiger partial charge in [-0.1, -0.05) is 84.9 Å². The number of alkyl carbamates (subject to hydrolysis) is 1. The molecule has 0 saturated heterocycles. The van der Waals surface area contributed by atoms with Gasteiger partial charge in [0.1, 0.15) is 17.2 Å². The van der Waals surface area contributed by atoms with Crippen LogP contribution in [0.2, 0.25) is 0 Å². The van der Waals surface area contributed by atoms with E-state index < -0.39 is 47.1 Å². The fourth-order valence-electron chi connectivity index (χ4n) is 5.27. The summed E-state index contributed by atoms with van der Waals surface area (Å²) in [5, 5.41) is 8.20. The van der Waals surface area contributed by atoms with Crippen molar-refractivity contribution in [1.82, 2.24) is 20.2 Å². The molecule has 3 N–H and O–H groups in total. The normalized spacial score (nSPS) is 12.7. The van der Waals surface area contributed by atoms with E-state index in [0.29, 0.717) is 24.8 Å². The molecule has 0 bridgehead atoms. The van der Waals surface area contributed by atoms with Crippen molar-refractivity contribution in [1.29, 1.82) is 0 Å². The molecule has 4 aromatic rings. The van der Waals surface area contributed by atoms with Crippen molar-refractivity contribution in [3.8, 4) is 11.1 Å². The molecule has 1 heterocycles. The number of hydrogen-bond acceptors (Lipinski definition) is 7. The number of imidazole rings is 1. The highest BCUT2D eigenvalue weighted by molar-refractivity contribution is 5.98. The Balaban J connectivity index is 1.51. The van der Waals surface area contributed by atoms with Gasteiger partial charge in [-0.3, -0.25) is 9.59 Å². The first kappa shape index (κ1) is 37.4. The molecule has 3 aromatic carbocycles. The Bertz CT molecular complexity index is 1730. The third kappa shape index (κ3) is 10.8. The number of nitrogens with zero attached hydrogens (tertiary/aromatic N) is 2. The second-order valence-electron chi connectivity index (χ2n) is 13.5. The van der Waals surface area contributed by atoms with Crippen molar-refractivity contribution in [3.05, 3.63) is 109 Å². The highest BCUT2D eigenvalue weighted by Gasteiger charge is 2.34. The van der Waals surface area contributed by atoms with E-state index in [1.165, 1.54) is 20.2 Å². The van der Waals surface area contributed by atoms with Crippen LogP contribution in [0.5, 0.6) is 0 Å². The quantitative estimate of drug-likeness (QED) is 0.130. The van der Waals surface area contributed by atoms with Crippen molar-refractivity contribution in [2.24, 2.45) is 0 Å². The van der Waals surface area contributed by atoms with Crippen molar-refractivity contribution < 1.29 is 28.7 Å². The third-order valence-electron chi connectivity index (χ3n) is 7.80. The van der Waals surface area contributed by atoms with E-state index in [9.17, 15) is 19.2 Å². The van der Waals surface area contributed by atoms with Crippen LogP contribution in [0.25, 0.3) is 11.1 Å². The molecule has 0 radical (unpaired) electrons. The Morgan fingerprint density at radius 1 is 0.840 bits per heavy atom. The van der Waals surface area contributed by atoms with Crippen molar-refractivity contribution in [2.75, 3.05) is 11.9 Å². The average Bonchev–Trinajstić information content (AvgIpc) is 3.52. The maximum absolute atomic E-state index is 13.7. The second-order valence-corrected chi connectivity index (χ2v) is 13.5. The van der Waals surface area contributed by atoms with Crippen LogP contribution in [0.15, 0.2) is 97.5 Å². The summed E-state index contributed by atoms with van der Waals surface area (Å²) in [5.74, 6) is -1.33. The molecule has 4 rings (SSSR count). The standard InChI is InChI=1S/C39H47N5O6/c1-7-49-35(46)33(30-23-21-29(22-24-30)28-18-12-9-13-19-28)44-25-32(40-26-44)42-34(45)31(20-14-17-27-15-10-8-11-16-27)41-36(47)39(5,6)43-37(48)50-38(2,3)4/h8-13,15-16,18-19,21-26,31,33H,7,14,17,20H2,1-6H3,(H,41,47)(H,42,45)(H,43,48)/t31-,33?/m1/s1. The number of ether oxygens (including phenoxy) is 2. The van der Waals surface area contributed by atoms with Crippen LogP contribution in [0, 0.1) is 0 Å². The van der Waals surface area contributed by atoms with E-state index in [0.717, 1.165) is 16.7 Å². The van der Waals surface area contributed by atoms with Crippen molar-refractivity contribution in [2.45, 2.75) is 84.0 Å². The molecule has 264 valence electrons.